The summed E-state index contributed by atoms with van der Waals surface area (Å²) in [6.45, 7) is 2.30. The Hall–Kier alpha value is -0.0800. The molecule has 2 aliphatic heterocycles. The second kappa shape index (κ2) is 2.20. The molecule has 2 unspecified atom stereocenters. The maximum atomic E-state index is 5.46. The summed E-state index contributed by atoms with van der Waals surface area (Å²) < 4.78 is 5.46. The minimum atomic E-state index is 0.657. The highest BCUT2D eigenvalue weighted by Gasteiger charge is 2.44. The van der Waals surface area contributed by atoms with E-state index in [0.29, 0.717) is 6.10 Å². The molecule has 2 atom stereocenters. The monoisotopic (exact) mass is 153 g/mol. The van der Waals surface area contributed by atoms with E-state index in [-0.39, 0.29) is 0 Å². The topological polar surface area (TPSA) is 31.2 Å². The van der Waals surface area contributed by atoms with Crippen molar-refractivity contribution in [3.63, 3.8) is 0 Å². The number of ether oxygens (including phenoxy) is 1. The largest absolute Gasteiger partial charge is 0.378 e. The first-order valence-corrected chi connectivity index (χ1v) is 4.78. The van der Waals surface area contributed by atoms with Crippen molar-refractivity contribution < 1.29 is 4.74 Å². The highest BCUT2D eigenvalue weighted by Crippen LogP contribution is 2.43. The van der Waals surface area contributed by atoms with Gasteiger partial charge in [-0.15, -0.1) is 0 Å². The lowest BCUT2D eigenvalue weighted by atomic mass is 9.69. The lowest BCUT2D eigenvalue weighted by Crippen LogP contribution is -2.43. The van der Waals surface area contributed by atoms with Gasteiger partial charge in [0.1, 0.15) is 0 Å². The zero-order valence-electron chi connectivity index (χ0n) is 6.75. The highest BCUT2D eigenvalue weighted by molar-refractivity contribution is 4.99. The first kappa shape index (κ1) is 6.44. The van der Waals surface area contributed by atoms with Gasteiger partial charge in [0, 0.05) is 19.2 Å². The fourth-order valence-electron chi connectivity index (χ4n) is 2.37. The molecule has 11 heavy (non-hydrogen) atoms. The number of rotatable bonds is 2. The minimum Gasteiger partial charge on any atom is -0.378 e. The fraction of sp³-hybridized carbons (Fsp3) is 1.00. The van der Waals surface area contributed by atoms with Crippen molar-refractivity contribution in [3.05, 3.63) is 0 Å². The summed E-state index contributed by atoms with van der Waals surface area (Å²) in [6, 6.07) is 0.895. The molecule has 3 rings (SSSR count). The van der Waals surface area contributed by atoms with Crippen molar-refractivity contribution in [2.24, 2.45) is 11.8 Å². The van der Waals surface area contributed by atoms with E-state index in [9.17, 15) is 0 Å². The van der Waals surface area contributed by atoms with Crippen LogP contribution in [0.25, 0.3) is 0 Å². The Morgan fingerprint density at radius 2 is 1.91 bits per heavy atom. The molecule has 0 amide bonds. The Kier molecular flexibility index (Phi) is 1.29. The molecule has 3 aliphatic rings. The van der Waals surface area contributed by atoms with Gasteiger partial charge in [-0.2, -0.15) is 0 Å². The second-order valence-corrected chi connectivity index (χ2v) is 4.20. The Bertz CT molecular complexity index is 157. The lowest BCUT2D eigenvalue weighted by Gasteiger charge is -2.44. The smallest absolute Gasteiger partial charge is 0.0625 e. The normalized spacial score (nSPS) is 54.5. The zero-order chi connectivity index (χ0) is 7.26. The summed E-state index contributed by atoms with van der Waals surface area (Å²) in [6.07, 6.45) is 4.85. The van der Waals surface area contributed by atoms with E-state index in [0.717, 1.165) is 24.5 Å². The SMILES string of the molecule is C1CC(C2CC(C3CN3)C2)O1. The van der Waals surface area contributed by atoms with E-state index < -0.39 is 0 Å². The molecule has 0 bridgehead atoms. The van der Waals surface area contributed by atoms with Crippen molar-refractivity contribution >= 4 is 0 Å². The predicted molar refractivity (Wildman–Crippen MR) is 42.4 cm³/mol. The number of hydrogen-bond acceptors (Lipinski definition) is 2. The van der Waals surface area contributed by atoms with Crippen LogP contribution in [-0.4, -0.2) is 25.3 Å². The van der Waals surface area contributed by atoms with Gasteiger partial charge in [0.2, 0.25) is 0 Å². The van der Waals surface area contributed by atoms with E-state index in [2.05, 4.69) is 5.32 Å². The molecule has 2 heterocycles. The second-order valence-electron chi connectivity index (χ2n) is 4.20. The maximum absolute atomic E-state index is 5.46. The lowest BCUT2D eigenvalue weighted by molar-refractivity contribution is -0.115. The van der Waals surface area contributed by atoms with Crippen LogP contribution in [0.4, 0.5) is 0 Å². The summed E-state index contributed by atoms with van der Waals surface area (Å²) in [5.74, 6) is 1.93. The van der Waals surface area contributed by atoms with Crippen LogP contribution in [0.2, 0.25) is 0 Å². The molecule has 0 aromatic carbocycles. The fourth-order valence-corrected chi connectivity index (χ4v) is 2.37. The van der Waals surface area contributed by atoms with Crippen molar-refractivity contribution in [1.82, 2.24) is 5.32 Å². The van der Waals surface area contributed by atoms with Gasteiger partial charge < -0.3 is 10.1 Å². The third-order valence-electron chi connectivity index (χ3n) is 3.48. The van der Waals surface area contributed by atoms with Crippen LogP contribution >= 0.6 is 0 Å². The Labute approximate surface area is 67.3 Å². The van der Waals surface area contributed by atoms with E-state index in [4.69, 9.17) is 4.74 Å². The maximum Gasteiger partial charge on any atom is 0.0625 e. The van der Waals surface area contributed by atoms with Crippen molar-refractivity contribution in [1.29, 1.82) is 0 Å². The van der Waals surface area contributed by atoms with E-state index in [1.165, 1.54) is 25.8 Å². The van der Waals surface area contributed by atoms with Gasteiger partial charge in [-0.3, -0.25) is 0 Å². The van der Waals surface area contributed by atoms with Crippen LogP contribution in [-0.2, 0) is 4.74 Å². The average Bonchev–Trinajstić information content (AvgIpc) is 2.53. The van der Waals surface area contributed by atoms with E-state index in [1.54, 1.807) is 0 Å². The van der Waals surface area contributed by atoms with Crippen molar-refractivity contribution in [2.75, 3.05) is 13.2 Å². The van der Waals surface area contributed by atoms with Gasteiger partial charge in [0.05, 0.1) is 6.10 Å². The molecule has 62 valence electrons. The predicted octanol–water partition coefficient (Wildman–Crippen LogP) is 0.773. The van der Waals surface area contributed by atoms with Gasteiger partial charge >= 0.3 is 0 Å². The standard InChI is InChI=1S/C9H15NO/c1-2-11-9(1)7-3-6(4-7)8-5-10-8/h6-10H,1-5H2. The first-order valence-electron chi connectivity index (χ1n) is 4.78. The summed E-state index contributed by atoms with van der Waals surface area (Å²) in [5.41, 5.74) is 0. The molecular weight excluding hydrogens is 138 g/mol. The third-order valence-corrected chi connectivity index (χ3v) is 3.48. The highest BCUT2D eigenvalue weighted by atomic mass is 16.5. The summed E-state index contributed by atoms with van der Waals surface area (Å²) >= 11 is 0. The molecule has 2 heteroatoms. The number of hydrogen-bond donors (Lipinski definition) is 1. The van der Waals surface area contributed by atoms with Crippen LogP contribution in [0, 0.1) is 11.8 Å². The van der Waals surface area contributed by atoms with Gasteiger partial charge in [-0.05, 0) is 31.1 Å². The van der Waals surface area contributed by atoms with E-state index >= 15 is 0 Å². The Balaban J connectivity index is 1.47. The molecular formula is C9H15NO. The van der Waals surface area contributed by atoms with Crippen molar-refractivity contribution in [3.8, 4) is 0 Å². The molecule has 0 aromatic rings. The van der Waals surface area contributed by atoms with Crippen LogP contribution in [0.15, 0.2) is 0 Å². The van der Waals surface area contributed by atoms with Crippen LogP contribution in [0.5, 0.6) is 0 Å². The van der Waals surface area contributed by atoms with Gasteiger partial charge in [0.15, 0.2) is 0 Å². The van der Waals surface area contributed by atoms with E-state index in [1.807, 2.05) is 0 Å². The molecule has 0 radical (unpaired) electrons. The molecule has 1 aliphatic carbocycles. The summed E-state index contributed by atoms with van der Waals surface area (Å²) in [4.78, 5) is 0. The van der Waals surface area contributed by atoms with Crippen LogP contribution in [0.3, 0.4) is 0 Å². The minimum absolute atomic E-state index is 0.657. The molecule has 0 spiro atoms. The van der Waals surface area contributed by atoms with Gasteiger partial charge in [-0.25, -0.2) is 0 Å². The van der Waals surface area contributed by atoms with Crippen LogP contribution < -0.4 is 5.32 Å². The van der Waals surface area contributed by atoms with Crippen LogP contribution in [0.1, 0.15) is 19.3 Å². The molecule has 2 nitrogen and oxygen atoms in total. The van der Waals surface area contributed by atoms with Crippen molar-refractivity contribution in [2.45, 2.75) is 31.4 Å². The third kappa shape index (κ3) is 1.00. The Morgan fingerprint density at radius 3 is 2.36 bits per heavy atom. The summed E-state index contributed by atoms with van der Waals surface area (Å²) in [7, 11) is 0. The first-order chi connectivity index (χ1) is 5.43. The molecule has 1 saturated carbocycles. The molecule has 1 N–H and O–H groups in total. The summed E-state index contributed by atoms with van der Waals surface area (Å²) in [5, 5.41) is 3.39. The molecule has 0 aromatic heterocycles. The zero-order valence-corrected chi connectivity index (χ0v) is 6.75. The Morgan fingerprint density at radius 1 is 1.18 bits per heavy atom. The number of nitrogens with one attached hydrogen (secondary N) is 1. The van der Waals surface area contributed by atoms with Gasteiger partial charge in [-0.1, -0.05) is 0 Å². The quantitative estimate of drug-likeness (QED) is 0.594. The van der Waals surface area contributed by atoms with Gasteiger partial charge in [0.25, 0.3) is 0 Å². The molecule has 2 saturated heterocycles. The average molecular weight is 153 g/mol. The molecule has 3 fully saturated rings.